The quantitative estimate of drug-likeness (QED) is 0.221. The molecule has 0 radical (unpaired) electrons. The van der Waals surface area contributed by atoms with Crippen molar-refractivity contribution in [3.05, 3.63) is 112 Å². The maximum Gasteiger partial charge on any atom is 0.416 e. The number of H-pyrrole nitrogens is 1. The Kier molecular flexibility index (Phi) is 6.29. The lowest BCUT2D eigenvalue weighted by atomic mass is 10.1. The molecule has 0 saturated heterocycles. The molecule has 3 heterocycles. The van der Waals surface area contributed by atoms with Crippen LogP contribution in [-0.4, -0.2) is 19.5 Å². The molecule has 0 saturated carbocycles. The number of fused-ring (bicyclic) bond motifs is 2. The van der Waals surface area contributed by atoms with Crippen LogP contribution >= 0.6 is 23.1 Å². The van der Waals surface area contributed by atoms with Crippen LogP contribution in [0.4, 0.5) is 13.2 Å². The first-order valence-electron chi connectivity index (χ1n) is 11.7. The van der Waals surface area contributed by atoms with Crippen molar-refractivity contribution in [3.63, 3.8) is 0 Å². The molecule has 0 atom stereocenters. The van der Waals surface area contributed by atoms with Crippen molar-refractivity contribution in [2.45, 2.75) is 23.6 Å². The Morgan fingerprint density at radius 3 is 2.42 bits per heavy atom. The third kappa shape index (κ3) is 4.72. The Morgan fingerprint density at radius 1 is 0.947 bits per heavy atom. The van der Waals surface area contributed by atoms with Gasteiger partial charge in [-0.2, -0.15) is 13.2 Å². The summed E-state index contributed by atoms with van der Waals surface area (Å²) in [6, 6.07) is 22.9. The fraction of sp³-hybridized carbons (Fsp3) is 0.107. The van der Waals surface area contributed by atoms with E-state index < -0.39 is 11.7 Å². The summed E-state index contributed by atoms with van der Waals surface area (Å²) in [6.45, 7) is 0.444. The molecule has 0 bridgehead atoms. The van der Waals surface area contributed by atoms with Crippen LogP contribution in [0.5, 0.6) is 0 Å². The Bertz CT molecular complexity index is 1810. The zero-order valence-electron chi connectivity index (χ0n) is 19.7. The van der Waals surface area contributed by atoms with Crippen LogP contribution in [0.25, 0.3) is 32.4 Å². The van der Waals surface area contributed by atoms with E-state index >= 15 is 0 Å². The SMILES string of the molecule is O=c1[nH]c(CSc2nc3cc(C(F)(F)F)ccc3n2Cc2ccccc2)nc2scc(-c3ccccc3)c12. The van der Waals surface area contributed by atoms with Crippen molar-refractivity contribution >= 4 is 44.3 Å². The zero-order valence-corrected chi connectivity index (χ0v) is 21.3. The number of nitrogens with one attached hydrogen (secondary N) is 1. The summed E-state index contributed by atoms with van der Waals surface area (Å²) in [5.41, 5.74) is 2.68. The molecule has 190 valence electrons. The number of hydrogen-bond donors (Lipinski definition) is 1. The molecule has 3 aromatic carbocycles. The molecule has 6 aromatic rings. The molecule has 0 unspecified atom stereocenters. The second kappa shape index (κ2) is 9.77. The second-order valence-corrected chi connectivity index (χ2v) is 10.5. The molecular formula is C28H19F3N4OS2. The van der Waals surface area contributed by atoms with Crippen molar-refractivity contribution in [1.29, 1.82) is 0 Å². The minimum atomic E-state index is -4.46. The van der Waals surface area contributed by atoms with E-state index in [4.69, 9.17) is 0 Å². The third-order valence-electron chi connectivity index (χ3n) is 6.14. The summed E-state index contributed by atoms with van der Waals surface area (Å²) in [4.78, 5) is 25.7. The van der Waals surface area contributed by atoms with E-state index in [9.17, 15) is 18.0 Å². The van der Waals surface area contributed by atoms with Gasteiger partial charge in [-0.25, -0.2) is 9.97 Å². The molecule has 0 spiro atoms. The monoisotopic (exact) mass is 548 g/mol. The van der Waals surface area contributed by atoms with Crippen LogP contribution in [-0.2, 0) is 18.5 Å². The van der Waals surface area contributed by atoms with E-state index in [2.05, 4.69) is 15.0 Å². The van der Waals surface area contributed by atoms with Crippen LogP contribution in [0.2, 0.25) is 0 Å². The highest BCUT2D eigenvalue weighted by atomic mass is 32.2. The van der Waals surface area contributed by atoms with Crippen molar-refractivity contribution in [2.24, 2.45) is 0 Å². The molecule has 38 heavy (non-hydrogen) atoms. The summed E-state index contributed by atoms with van der Waals surface area (Å²) in [7, 11) is 0. The smallest absolute Gasteiger partial charge is 0.314 e. The molecule has 0 aliphatic heterocycles. The van der Waals surface area contributed by atoms with Crippen LogP contribution in [0.3, 0.4) is 0 Å². The normalized spacial score (nSPS) is 12.0. The first kappa shape index (κ1) is 24.4. The van der Waals surface area contributed by atoms with Crippen molar-refractivity contribution in [2.75, 3.05) is 0 Å². The minimum absolute atomic E-state index is 0.224. The number of benzene rings is 3. The predicted octanol–water partition coefficient (Wildman–Crippen LogP) is 7.36. The van der Waals surface area contributed by atoms with Gasteiger partial charge >= 0.3 is 6.18 Å². The van der Waals surface area contributed by atoms with E-state index in [0.29, 0.717) is 39.0 Å². The van der Waals surface area contributed by atoms with E-state index in [1.807, 2.05) is 70.6 Å². The van der Waals surface area contributed by atoms with Crippen LogP contribution in [0.15, 0.2) is 94.2 Å². The second-order valence-electron chi connectivity index (χ2n) is 8.66. The summed E-state index contributed by atoms with van der Waals surface area (Å²) in [5, 5.41) is 3.02. The van der Waals surface area contributed by atoms with E-state index in [1.165, 1.54) is 29.2 Å². The Balaban J connectivity index is 1.35. The molecule has 0 fully saturated rings. The highest BCUT2D eigenvalue weighted by molar-refractivity contribution is 7.98. The Hall–Kier alpha value is -3.89. The van der Waals surface area contributed by atoms with Gasteiger partial charge in [0.05, 0.1) is 34.3 Å². The molecule has 3 aromatic heterocycles. The number of imidazole rings is 1. The highest BCUT2D eigenvalue weighted by Crippen LogP contribution is 2.34. The minimum Gasteiger partial charge on any atom is -0.314 e. The standard InChI is InChI=1S/C28H19F3N4OS2/c29-28(30,31)19-11-12-22-21(13-19)32-27(35(22)14-17-7-3-1-4-8-17)38-16-23-33-25(36)24-20(15-37-26(24)34-23)18-9-5-2-6-10-18/h1-13,15H,14,16H2,(H,33,34,36). The summed E-state index contributed by atoms with van der Waals surface area (Å²) < 4.78 is 41.9. The number of aromatic amines is 1. The maximum absolute atomic E-state index is 13.3. The van der Waals surface area contributed by atoms with Gasteiger partial charge in [-0.3, -0.25) is 4.79 Å². The van der Waals surface area contributed by atoms with Crippen LogP contribution in [0, 0.1) is 0 Å². The molecule has 10 heteroatoms. The molecular weight excluding hydrogens is 529 g/mol. The summed E-state index contributed by atoms with van der Waals surface area (Å²) in [6.07, 6.45) is -4.46. The number of hydrogen-bond acceptors (Lipinski definition) is 5. The van der Waals surface area contributed by atoms with Gasteiger partial charge in [-0.05, 0) is 29.3 Å². The lowest BCUT2D eigenvalue weighted by molar-refractivity contribution is -0.137. The van der Waals surface area contributed by atoms with E-state index in [0.717, 1.165) is 28.8 Å². The highest BCUT2D eigenvalue weighted by Gasteiger charge is 2.31. The van der Waals surface area contributed by atoms with Gasteiger partial charge < -0.3 is 9.55 Å². The zero-order chi connectivity index (χ0) is 26.3. The Morgan fingerprint density at radius 2 is 1.68 bits per heavy atom. The van der Waals surface area contributed by atoms with Crippen molar-refractivity contribution < 1.29 is 13.2 Å². The lowest BCUT2D eigenvalue weighted by Gasteiger charge is -2.10. The summed E-state index contributed by atoms with van der Waals surface area (Å²) in [5.74, 6) is 0.775. The van der Waals surface area contributed by atoms with Gasteiger partial charge in [0.15, 0.2) is 5.16 Å². The number of alkyl halides is 3. The van der Waals surface area contributed by atoms with Gasteiger partial charge in [0.25, 0.3) is 5.56 Å². The fourth-order valence-electron chi connectivity index (χ4n) is 4.34. The molecule has 1 N–H and O–H groups in total. The number of rotatable bonds is 6. The average molecular weight is 549 g/mol. The molecule has 5 nitrogen and oxygen atoms in total. The van der Waals surface area contributed by atoms with Gasteiger partial charge in [0, 0.05) is 10.9 Å². The van der Waals surface area contributed by atoms with E-state index in [1.54, 1.807) is 0 Å². The predicted molar refractivity (Wildman–Crippen MR) is 146 cm³/mol. The number of halogens is 3. The fourth-order valence-corrected chi connectivity index (χ4v) is 6.19. The molecule has 0 aliphatic rings. The van der Waals surface area contributed by atoms with Crippen molar-refractivity contribution in [1.82, 2.24) is 19.5 Å². The first-order valence-corrected chi connectivity index (χ1v) is 13.5. The van der Waals surface area contributed by atoms with Crippen LogP contribution in [0.1, 0.15) is 17.0 Å². The third-order valence-corrected chi connectivity index (χ3v) is 8.00. The first-order chi connectivity index (χ1) is 18.4. The van der Waals surface area contributed by atoms with Gasteiger partial charge in [-0.15, -0.1) is 11.3 Å². The maximum atomic E-state index is 13.3. The molecule has 6 rings (SSSR count). The van der Waals surface area contributed by atoms with Gasteiger partial charge in [0.1, 0.15) is 10.7 Å². The average Bonchev–Trinajstić information content (AvgIpc) is 3.50. The number of aromatic nitrogens is 4. The molecule has 0 aliphatic carbocycles. The van der Waals surface area contributed by atoms with Crippen molar-refractivity contribution in [3.8, 4) is 11.1 Å². The number of nitrogens with zero attached hydrogens (tertiary/aromatic N) is 3. The number of thiophene rings is 1. The van der Waals surface area contributed by atoms with Gasteiger partial charge in [-0.1, -0.05) is 72.4 Å². The van der Waals surface area contributed by atoms with Crippen LogP contribution < -0.4 is 5.56 Å². The number of thioether (sulfide) groups is 1. The largest absolute Gasteiger partial charge is 0.416 e. The Labute approximate surface area is 223 Å². The van der Waals surface area contributed by atoms with E-state index in [-0.39, 0.29) is 11.1 Å². The molecule has 0 amide bonds. The summed E-state index contributed by atoms with van der Waals surface area (Å²) >= 11 is 2.73. The topological polar surface area (TPSA) is 63.6 Å². The van der Waals surface area contributed by atoms with Gasteiger partial charge in [0.2, 0.25) is 0 Å². The lowest BCUT2D eigenvalue weighted by Crippen LogP contribution is -2.11.